The van der Waals surface area contributed by atoms with Crippen molar-refractivity contribution in [3.8, 4) is 11.1 Å². The van der Waals surface area contributed by atoms with Gasteiger partial charge in [0.05, 0.1) is 5.69 Å². The average Bonchev–Trinajstić information content (AvgIpc) is 3.24. The third kappa shape index (κ3) is 5.88. The van der Waals surface area contributed by atoms with Crippen molar-refractivity contribution in [2.24, 2.45) is 0 Å². The normalized spacial score (nSPS) is 16.2. The van der Waals surface area contributed by atoms with E-state index in [4.69, 9.17) is 0 Å². The lowest BCUT2D eigenvalue weighted by molar-refractivity contribution is 0.252. The van der Waals surface area contributed by atoms with Crippen molar-refractivity contribution in [2.45, 2.75) is 23.5 Å². The van der Waals surface area contributed by atoms with E-state index >= 15 is 0 Å². The number of amides is 2. The van der Waals surface area contributed by atoms with Crippen LogP contribution in [-0.4, -0.2) is 22.4 Å². The van der Waals surface area contributed by atoms with Gasteiger partial charge in [-0.3, -0.25) is 0 Å². The Bertz CT molecular complexity index is 1090. The molecule has 2 amide bonds. The first-order chi connectivity index (χ1) is 15.6. The summed E-state index contributed by atoms with van der Waals surface area (Å²) in [5, 5.41) is 8.31. The van der Waals surface area contributed by atoms with Gasteiger partial charge in [0.2, 0.25) is 0 Å². The molecule has 2 unspecified atom stereocenters. The number of hydrogen-bond acceptors (Lipinski definition) is 4. The van der Waals surface area contributed by atoms with E-state index in [0.717, 1.165) is 22.4 Å². The van der Waals surface area contributed by atoms with Crippen LogP contribution in [0.25, 0.3) is 11.1 Å². The van der Waals surface area contributed by atoms with Crippen molar-refractivity contribution in [1.82, 2.24) is 5.32 Å². The third-order valence-corrected chi connectivity index (χ3v) is 7.46. The molecule has 1 aliphatic heterocycles. The zero-order chi connectivity index (χ0) is 22.3. The zero-order valence-corrected chi connectivity index (χ0v) is 19.3. The van der Waals surface area contributed by atoms with E-state index in [-0.39, 0.29) is 6.03 Å². The molecule has 4 rings (SSSR count). The Hall–Kier alpha value is -2.87. The molecule has 0 saturated heterocycles. The Morgan fingerprint density at radius 2 is 1.69 bits per heavy atom. The van der Waals surface area contributed by atoms with Gasteiger partial charge in [-0.25, -0.2) is 9.52 Å². The van der Waals surface area contributed by atoms with Crippen molar-refractivity contribution in [3.63, 3.8) is 0 Å². The van der Waals surface area contributed by atoms with E-state index in [1.54, 1.807) is 36.0 Å². The molecule has 0 fully saturated rings. The second-order valence-electron chi connectivity index (χ2n) is 7.57. The Morgan fingerprint density at radius 3 is 2.41 bits per heavy atom. The molecule has 0 aromatic heterocycles. The summed E-state index contributed by atoms with van der Waals surface area (Å²) in [6.07, 6.45) is 1.01. The predicted molar refractivity (Wildman–Crippen MR) is 135 cm³/mol. The van der Waals surface area contributed by atoms with Crippen LogP contribution in [-0.2, 0) is 11.4 Å². The summed E-state index contributed by atoms with van der Waals surface area (Å²) in [4.78, 5) is 12.9. The highest BCUT2D eigenvalue weighted by Crippen LogP contribution is 2.30. The molecule has 5 nitrogen and oxygen atoms in total. The van der Waals surface area contributed by atoms with E-state index in [1.807, 2.05) is 54.6 Å². The summed E-state index contributed by atoms with van der Waals surface area (Å²) >= 11 is 0.334. The Kier molecular flexibility index (Phi) is 7.42. The second-order valence-corrected chi connectivity index (χ2v) is 9.93. The lowest BCUT2D eigenvalue weighted by Gasteiger charge is -2.15. The van der Waals surface area contributed by atoms with Crippen LogP contribution in [0.1, 0.15) is 13.3 Å². The number of hydrogen-bond donors (Lipinski definition) is 3. The average molecular weight is 464 g/mol. The quantitative estimate of drug-likeness (QED) is 0.375. The summed E-state index contributed by atoms with van der Waals surface area (Å²) in [5.74, 6) is 0. The van der Waals surface area contributed by atoms with Crippen molar-refractivity contribution in [3.05, 3.63) is 89.8 Å². The molecule has 0 spiro atoms. The molecule has 32 heavy (non-hydrogen) atoms. The molecule has 2 atom stereocenters. The molecule has 0 saturated carbocycles. The lowest BCUT2D eigenvalue weighted by atomic mass is 10.1. The SMILES string of the molecule is CC1=CSC(CNC(=O)Nc2ccc(N[S+]([O-])c3ccccc3-c3ccccc3)cc2)C1. The van der Waals surface area contributed by atoms with Gasteiger partial charge in [-0.05, 0) is 60.7 Å². The maximum atomic E-state index is 13.0. The minimum Gasteiger partial charge on any atom is -0.588 e. The number of benzene rings is 3. The van der Waals surface area contributed by atoms with E-state index in [9.17, 15) is 9.35 Å². The van der Waals surface area contributed by atoms with Gasteiger partial charge in [-0.1, -0.05) is 48.0 Å². The topological polar surface area (TPSA) is 76.2 Å². The van der Waals surface area contributed by atoms with Crippen LogP contribution >= 0.6 is 11.8 Å². The number of anilines is 2. The Morgan fingerprint density at radius 1 is 1.00 bits per heavy atom. The van der Waals surface area contributed by atoms with E-state index in [1.165, 1.54) is 5.57 Å². The molecule has 3 N–H and O–H groups in total. The number of carbonyl (C=O) groups is 1. The molecule has 164 valence electrons. The van der Waals surface area contributed by atoms with Gasteiger partial charge in [0.1, 0.15) is 11.4 Å². The monoisotopic (exact) mass is 463 g/mol. The number of allylic oxidation sites excluding steroid dienone is 1. The molecule has 0 radical (unpaired) electrons. The molecule has 3 aromatic carbocycles. The summed E-state index contributed by atoms with van der Waals surface area (Å²) in [6, 6.07) is 24.5. The lowest BCUT2D eigenvalue weighted by Crippen LogP contribution is -2.33. The minimum absolute atomic E-state index is 0.226. The largest absolute Gasteiger partial charge is 0.588 e. The first-order valence-corrected chi connectivity index (χ1v) is 12.5. The van der Waals surface area contributed by atoms with Crippen LogP contribution in [0.15, 0.2) is 94.7 Å². The first-order valence-electron chi connectivity index (χ1n) is 10.4. The summed E-state index contributed by atoms with van der Waals surface area (Å²) < 4.78 is 16.1. The summed E-state index contributed by atoms with van der Waals surface area (Å²) in [5.41, 5.74) is 4.69. The number of urea groups is 1. The number of nitrogens with one attached hydrogen (secondary N) is 3. The number of thioether (sulfide) groups is 1. The Labute approximate surface area is 196 Å². The second kappa shape index (κ2) is 10.6. The van der Waals surface area contributed by atoms with Crippen molar-refractivity contribution < 1.29 is 9.35 Å². The zero-order valence-electron chi connectivity index (χ0n) is 17.7. The number of carbonyl (C=O) groups excluding carboxylic acids is 1. The van der Waals surface area contributed by atoms with Crippen LogP contribution in [0.5, 0.6) is 0 Å². The molecule has 7 heteroatoms. The molecular formula is C25H25N3O2S2. The molecule has 3 aromatic rings. The molecular weight excluding hydrogens is 438 g/mol. The third-order valence-electron chi connectivity index (χ3n) is 5.03. The molecule has 0 aliphatic carbocycles. The summed E-state index contributed by atoms with van der Waals surface area (Å²) in [7, 11) is 0. The fourth-order valence-electron chi connectivity index (χ4n) is 3.44. The smallest absolute Gasteiger partial charge is 0.319 e. The standard InChI is InChI=1S/C25H25N3O2S2/c1-18-15-22(31-17-18)16-26-25(29)27-20-11-13-21(14-12-20)28-32(30)24-10-6-5-9-23(24)19-7-3-2-4-8-19/h2-14,17,22,28H,15-16H2,1H3,(H2,26,27,29). The molecule has 0 bridgehead atoms. The van der Waals surface area contributed by atoms with Crippen LogP contribution in [0, 0.1) is 0 Å². The minimum atomic E-state index is -1.43. The van der Waals surface area contributed by atoms with Gasteiger partial charge in [0, 0.05) is 23.0 Å². The first kappa shape index (κ1) is 22.3. The van der Waals surface area contributed by atoms with Crippen LogP contribution < -0.4 is 15.4 Å². The van der Waals surface area contributed by atoms with Crippen LogP contribution in [0.2, 0.25) is 0 Å². The highest BCUT2D eigenvalue weighted by Gasteiger charge is 2.18. The fraction of sp³-hybridized carbons (Fsp3) is 0.160. The van der Waals surface area contributed by atoms with Crippen LogP contribution in [0.3, 0.4) is 0 Å². The van der Waals surface area contributed by atoms with Crippen molar-refractivity contribution in [1.29, 1.82) is 0 Å². The van der Waals surface area contributed by atoms with Crippen LogP contribution in [0.4, 0.5) is 16.2 Å². The van der Waals surface area contributed by atoms with Gasteiger partial charge >= 0.3 is 6.03 Å². The van der Waals surface area contributed by atoms with Gasteiger partial charge in [-0.2, -0.15) is 0 Å². The van der Waals surface area contributed by atoms with Crippen molar-refractivity contribution in [2.75, 3.05) is 16.6 Å². The van der Waals surface area contributed by atoms with Gasteiger partial charge < -0.3 is 15.2 Å². The van der Waals surface area contributed by atoms with Gasteiger partial charge in [-0.15, -0.1) is 11.8 Å². The maximum Gasteiger partial charge on any atom is 0.319 e. The van der Waals surface area contributed by atoms with Gasteiger partial charge in [0.25, 0.3) is 0 Å². The highest BCUT2D eigenvalue weighted by molar-refractivity contribution is 8.03. The van der Waals surface area contributed by atoms with E-state index < -0.39 is 11.4 Å². The summed E-state index contributed by atoms with van der Waals surface area (Å²) in [6.45, 7) is 2.74. The highest BCUT2D eigenvalue weighted by atomic mass is 32.2. The van der Waals surface area contributed by atoms with Gasteiger partial charge in [0.15, 0.2) is 4.90 Å². The maximum absolute atomic E-state index is 13.0. The van der Waals surface area contributed by atoms with E-state index in [2.05, 4.69) is 27.7 Å². The number of rotatable bonds is 7. The van der Waals surface area contributed by atoms with Crippen molar-refractivity contribution >= 4 is 40.5 Å². The Balaban J connectivity index is 1.33. The van der Waals surface area contributed by atoms with E-state index in [0.29, 0.717) is 23.2 Å². The fourth-order valence-corrected chi connectivity index (χ4v) is 5.55. The molecule has 1 aliphatic rings. The predicted octanol–water partition coefficient (Wildman–Crippen LogP) is 6.02. The molecule has 1 heterocycles.